The van der Waals surface area contributed by atoms with Crippen molar-refractivity contribution in [3.63, 3.8) is 0 Å². The van der Waals surface area contributed by atoms with E-state index in [0.717, 1.165) is 0 Å². The number of aliphatic hydroxyl groups excluding tert-OH is 1. The maximum absolute atomic E-state index is 11.5. The van der Waals surface area contributed by atoms with E-state index >= 15 is 0 Å². The molecule has 1 aliphatic rings. The molecule has 1 saturated heterocycles. The number of nitrogens with one attached hydrogen (secondary N) is 1. The second-order valence-electron chi connectivity index (χ2n) is 5.57. The third-order valence-electron chi connectivity index (χ3n) is 2.51. The maximum Gasteiger partial charge on any atom is 0.220 e. The summed E-state index contributed by atoms with van der Waals surface area (Å²) in [5, 5.41) is 12.4. The quantitative estimate of drug-likeness (QED) is 0.617. The van der Waals surface area contributed by atoms with Gasteiger partial charge in [-0.1, -0.05) is 20.8 Å². The van der Waals surface area contributed by atoms with Crippen LogP contribution >= 0.6 is 0 Å². The van der Waals surface area contributed by atoms with Crippen molar-refractivity contribution in [1.29, 1.82) is 0 Å². The average molecular weight is 230 g/mol. The highest BCUT2D eigenvalue weighted by atomic mass is 16.5. The summed E-state index contributed by atoms with van der Waals surface area (Å²) >= 11 is 0. The zero-order chi connectivity index (χ0) is 12.3. The fourth-order valence-electron chi connectivity index (χ4n) is 1.65. The van der Waals surface area contributed by atoms with Gasteiger partial charge in [0.2, 0.25) is 5.91 Å². The molecule has 3 atom stereocenters. The van der Waals surface area contributed by atoms with Crippen LogP contribution in [0.2, 0.25) is 0 Å². The van der Waals surface area contributed by atoms with Crippen molar-refractivity contribution in [3.8, 4) is 0 Å². The van der Waals surface area contributed by atoms with Crippen LogP contribution in [0.4, 0.5) is 0 Å². The first-order valence-corrected chi connectivity index (χ1v) is 5.61. The molecule has 5 nitrogen and oxygen atoms in total. The number of rotatable bonds is 3. The van der Waals surface area contributed by atoms with Crippen LogP contribution in [0.1, 0.15) is 27.2 Å². The first kappa shape index (κ1) is 13.4. The van der Waals surface area contributed by atoms with Crippen molar-refractivity contribution >= 4 is 5.91 Å². The van der Waals surface area contributed by atoms with Gasteiger partial charge >= 0.3 is 0 Å². The van der Waals surface area contributed by atoms with Gasteiger partial charge in [-0.25, -0.2) is 0 Å². The monoisotopic (exact) mass is 230 g/mol. The minimum atomic E-state index is -0.685. The standard InChI is InChI=1S/C11H22N2O3/c1-11(2,3)4-9(14)13-5-8-10(15)7(12)6-16-8/h7-8,10,15H,4-6,12H2,1-3H3,(H,13,14)/t7-,8-,10+/m1/s1. The summed E-state index contributed by atoms with van der Waals surface area (Å²) in [6, 6.07) is -0.343. The normalized spacial score (nSPS) is 30.4. The van der Waals surface area contributed by atoms with Crippen molar-refractivity contribution < 1.29 is 14.6 Å². The number of ether oxygens (including phenoxy) is 1. The molecule has 1 rings (SSSR count). The summed E-state index contributed by atoms with van der Waals surface area (Å²) in [6.45, 7) is 6.68. The van der Waals surface area contributed by atoms with E-state index in [2.05, 4.69) is 5.32 Å². The number of aliphatic hydroxyl groups is 1. The zero-order valence-corrected chi connectivity index (χ0v) is 10.2. The van der Waals surface area contributed by atoms with Crippen LogP contribution in [0.15, 0.2) is 0 Å². The minimum Gasteiger partial charge on any atom is -0.389 e. The molecule has 16 heavy (non-hydrogen) atoms. The molecule has 0 aromatic heterocycles. The summed E-state index contributed by atoms with van der Waals surface area (Å²) < 4.78 is 5.27. The molecule has 0 spiro atoms. The molecule has 0 aromatic carbocycles. The molecule has 5 heteroatoms. The van der Waals surface area contributed by atoms with Gasteiger partial charge in [0.05, 0.1) is 18.8 Å². The van der Waals surface area contributed by atoms with Crippen molar-refractivity contribution in [2.24, 2.45) is 11.1 Å². The Morgan fingerprint density at radius 1 is 1.56 bits per heavy atom. The molecule has 1 aliphatic heterocycles. The fourth-order valence-corrected chi connectivity index (χ4v) is 1.65. The summed E-state index contributed by atoms with van der Waals surface area (Å²) in [6.07, 6.45) is -0.601. The van der Waals surface area contributed by atoms with Crippen molar-refractivity contribution in [3.05, 3.63) is 0 Å². The Hall–Kier alpha value is -0.650. The van der Waals surface area contributed by atoms with Crippen LogP contribution in [-0.2, 0) is 9.53 Å². The molecular weight excluding hydrogens is 208 g/mol. The van der Waals surface area contributed by atoms with Gasteiger partial charge in [-0.2, -0.15) is 0 Å². The molecule has 0 unspecified atom stereocenters. The van der Waals surface area contributed by atoms with Gasteiger partial charge in [0.15, 0.2) is 0 Å². The lowest BCUT2D eigenvalue weighted by Crippen LogP contribution is -2.42. The maximum atomic E-state index is 11.5. The predicted molar refractivity (Wildman–Crippen MR) is 60.8 cm³/mol. The predicted octanol–water partition coefficient (Wildman–Crippen LogP) is -0.374. The SMILES string of the molecule is CC(C)(C)CC(=O)NC[C@H]1OC[C@@H](N)[C@@H]1O. The number of amides is 1. The van der Waals surface area contributed by atoms with Crippen LogP contribution in [0.3, 0.4) is 0 Å². The second kappa shape index (κ2) is 5.12. The molecule has 1 heterocycles. The van der Waals surface area contributed by atoms with E-state index in [1.54, 1.807) is 0 Å². The molecule has 1 fully saturated rings. The Kier molecular flexibility index (Phi) is 4.29. The first-order chi connectivity index (χ1) is 7.29. The smallest absolute Gasteiger partial charge is 0.220 e. The molecule has 0 bridgehead atoms. The molecular formula is C11H22N2O3. The topological polar surface area (TPSA) is 84.6 Å². The van der Waals surface area contributed by atoms with E-state index < -0.39 is 6.10 Å². The Bertz CT molecular complexity index is 250. The third kappa shape index (κ3) is 4.08. The summed E-state index contributed by atoms with van der Waals surface area (Å²) in [7, 11) is 0. The van der Waals surface area contributed by atoms with E-state index in [9.17, 15) is 9.90 Å². The lowest BCUT2D eigenvalue weighted by molar-refractivity contribution is -0.123. The van der Waals surface area contributed by atoms with Gasteiger partial charge in [-0.15, -0.1) is 0 Å². The Morgan fingerprint density at radius 2 is 2.19 bits per heavy atom. The largest absolute Gasteiger partial charge is 0.389 e. The van der Waals surface area contributed by atoms with Gasteiger partial charge in [0, 0.05) is 13.0 Å². The van der Waals surface area contributed by atoms with Gasteiger partial charge in [0.1, 0.15) is 6.10 Å². The van der Waals surface area contributed by atoms with Gasteiger partial charge < -0.3 is 20.9 Å². The molecule has 0 aliphatic carbocycles. The van der Waals surface area contributed by atoms with Crippen LogP contribution in [0, 0.1) is 5.41 Å². The van der Waals surface area contributed by atoms with Gasteiger partial charge in [-0.3, -0.25) is 4.79 Å². The first-order valence-electron chi connectivity index (χ1n) is 5.61. The highest BCUT2D eigenvalue weighted by molar-refractivity contribution is 5.76. The van der Waals surface area contributed by atoms with E-state index in [1.165, 1.54) is 0 Å². The molecule has 0 aromatic rings. The van der Waals surface area contributed by atoms with E-state index in [0.29, 0.717) is 19.6 Å². The third-order valence-corrected chi connectivity index (χ3v) is 2.51. The highest BCUT2D eigenvalue weighted by Crippen LogP contribution is 2.18. The van der Waals surface area contributed by atoms with Crippen LogP contribution < -0.4 is 11.1 Å². The van der Waals surface area contributed by atoms with Gasteiger partial charge in [0.25, 0.3) is 0 Å². The lowest BCUT2D eigenvalue weighted by Gasteiger charge is -2.19. The average Bonchev–Trinajstić information content (AvgIpc) is 2.42. The number of hydrogen-bond donors (Lipinski definition) is 3. The fraction of sp³-hybridized carbons (Fsp3) is 0.909. The lowest BCUT2D eigenvalue weighted by atomic mass is 9.92. The summed E-state index contributed by atoms with van der Waals surface area (Å²) in [4.78, 5) is 11.5. The van der Waals surface area contributed by atoms with Crippen LogP contribution in [0.5, 0.6) is 0 Å². The van der Waals surface area contributed by atoms with Crippen molar-refractivity contribution in [2.45, 2.75) is 45.4 Å². The highest BCUT2D eigenvalue weighted by Gasteiger charge is 2.33. The van der Waals surface area contributed by atoms with E-state index in [4.69, 9.17) is 10.5 Å². The number of carbonyl (C=O) groups excluding carboxylic acids is 1. The van der Waals surface area contributed by atoms with Crippen molar-refractivity contribution in [1.82, 2.24) is 5.32 Å². The summed E-state index contributed by atoms with van der Waals surface area (Å²) in [5.41, 5.74) is 5.56. The minimum absolute atomic E-state index is 0.0243. The Morgan fingerprint density at radius 3 is 2.62 bits per heavy atom. The van der Waals surface area contributed by atoms with Gasteiger partial charge in [-0.05, 0) is 5.41 Å². The molecule has 94 valence electrons. The van der Waals surface area contributed by atoms with E-state index in [-0.39, 0.29) is 23.5 Å². The van der Waals surface area contributed by atoms with E-state index in [1.807, 2.05) is 20.8 Å². The number of carbonyl (C=O) groups is 1. The second-order valence-corrected chi connectivity index (χ2v) is 5.57. The number of hydrogen-bond acceptors (Lipinski definition) is 4. The molecule has 0 saturated carbocycles. The van der Waals surface area contributed by atoms with Crippen LogP contribution in [-0.4, -0.2) is 42.4 Å². The molecule has 1 amide bonds. The molecule has 0 radical (unpaired) electrons. The molecule has 4 N–H and O–H groups in total. The van der Waals surface area contributed by atoms with Crippen LogP contribution in [0.25, 0.3) is 0 Å². The zero-order valence-electron chi connectivity index (χ0n) is 10.2. The summed E-state index contributed by atoms with van der Waals surface area (Å²) in [5.74, 6) is -0.0243. The Balaban J connectivity index is 2.27. The Labute approximate surface area is 96.3 Å². The van der Waals surface area contributed by atoms with Crippen molar-refractivity contribution in [2.75, 3.05) is 13.2 Å². The number of nitrogens with two attached hydrogens (primary N) is 1.